The number of benzene rings is 1. The maximum atomic E-state index is 12.7. The topological polar surface area (TPSA) is 29.5 Å². The summed E-state index contributed by atoms with van der Waals surface area (Å²) in [6.45, 7) is 5.47. The minimum atomic E-state index is 0.0265. The third-order valence-corrected chi connectivity index (χ3v) is 7.14. The molecule has 3 nitrogen and oxygen atoms in total. The van der Waals surface area contributed by atoms with Crippen LogP contribution in [0.25, 0.3) is 0 Å². The molecule has 2 bridgehead atoms. The van der Waals surface area contributed by atoms with Crippen molar-refractivity contribution in [1.82, 2.24) is 4.90 Å². The van der Waals surface area contributed by atoms with Gasteiger partial charge in [0, 0.05) is 23.8 Å². The van der Waals surface area contributed by atoms with E-state index in [0.717, 1.165) is 38.0 Å². The van der Waals surface area contributed by atoms with Crippen LogP contribution in [0.15, 0.2) is 12.1 Å². The summed E-state index contributed by atoms with van der Waals surface area (Å²) in [5.41, 5.74) is 4.18. The lowest BCUT2D eigenvalue weighted by Gasteiger charge is -2.60. The largest absolute Gasteiger partial charge is 0.496 e. The molecule has 23 heavy (non-hydrogen) atoms. The number of piperidine rings is 1. The molecule has 1 saturated carbocycles. The van der Waals surface area contributed by atoms with Crippen molar-refractivity contribution in [3.05, 3.63) is 28.8 Å². The van der Waals surface area contributed by atoms with E-state index in [1.54, 1.807) is 7.11 Å². The summed E-state index contributed by atoms with van der Waals surface area (Å²) in [6, 6.07) is 4.94. The molecule has 1 aliphatic heterocycles. The van der Waals surface area contributed by atoms with Gasteiger partial charge in [-0.2, -0.15) is 0 Å². The molecule has 2 fully saturated rings. The molecule has 0 amide bonds. The van der Waals surface area contributed by atoms with Crippen LogP contribution in [0, 0.1) is 18.8 Å². The van der Waals surface area contributed by atoms with Gasteiger partial charge in [-0.15, -0.1) is 0 Å². The van der Waals surface area contributed by atoms with Gasteiger partial charge in [0.05, 0.1) is 7.11 Å². The monoisotopic (exact) mass is 313 g/mol. The highest BCUT2D eigenvalue weighted by molar-refractivity contribution is 5.84. The lowest BCUT2D eigenvalue weighted by molar-refractivity contribution is -0.134. The quantitative estimate of drug-likeness (QED) is 0.798. The molecule has 1 saturated heterocycles. The number of methoxy groups -OCH3 is 1. The first-order valence-electron chi connectivity index (χ1n) is 8.90. The Bertz CT molecular complexity index is 668. The summed E-state index contributed by atoms with van der Waals surface area (Å²) in [7, 11) is 4.01. The zero-order chi connectivity index (χ0) is 16.4. The molecule has 3 heteroatoms. The van der Waals surface area contributed by atoms with E-state index in [2.05, 4.69) is 37.9 Å². The fraction of sp³-hybridized carbons (Fsp3) is 0.650. The van der Waals surface area contributed by atoms with Crippen molar-refractivity contribution in [2.24, 2.45) is 11.8 Å². The molecule has 0 radical (unpaired) electrons. The Morgan fingerprint density at radius 3 is 2.87 bits per heavy atom. The Hall–Kier alpha value is -1.35. The molecule has 0 aromatic heterocycles. The predicted molar refractivity (Wildman–Crippen MR) is 91.0 cm³/mol. The standard InChI is InChI=1S/C20H27NO2/c1-12-18(23-4)8-5-14-11-16-15-6-7-17(22)13(2)20(15,19(12)14)9-10-21(16)3/h5,8,13,15-16H,6-7,9-11H2,1-4H3/t13?,15?,16?,20-/m0/s1. The molecular formula is C20H27NO2. The number of rotatable bonds is 1. The van der Waals surface area contributed by atoms with Gasteiger partial charge in [-0.05, 0) is 68.5 Å². The molecule has 0 N–H and O–H groups in total. The van der Waals surface area contributed by atoms with Gasteiger partial charge >= 0.3 is 0 Å². The minimum Gasteiger partial charge on any atom is -0.496 e. The second-order valence-electron chi connectivity index (χ2n) is 7.80. The van der Waals surface area contributed by atoms with Crippen LogP contribution in [0.3, 0.4) is 0 Å². The summed E-state index contributed by atoms with van der Waals surface area (Å²) in [6.07, 6.45) is 4.02. The number of likely N-dealkylation sites (N-methyl/N-ethyl adjacent to an activating group) is 1. The molecule has 4 atom stereocenters. The molecule has 3 aliphatic rings. The number of ketones is 1. The van der Waals surface area contributed by atoms with Crippen LogP contribution >= 0.6 is 0 Å². The van der Waals surface area contributed by atoms with Crippen LogP contribution in [0.1, 0.15) is 42.9 Å². The van der Waals surface area contributed by atoms with Crippen LogP contribution in [0.5, 0.6) is 5.75 Å². The van der Waals surface area contributed by atoms with Crippen LogP contribution in [0.4, 0.5) is 0 Å². The first-order valence-corrected chi connectivity index (χ1v) is 8.90. The van der Waals surface area contributed by atoms with E-state index in [-0.39, 0.29) is 11.3 Å². The number of ether oxygens (including phenoxy) is 1. The van der Waals surface area contributed by atoms with E-state index >= 15 is 0 Å². The van der Waals surface area contributed by atoms with Gasteiger partial charge in [0.25, 0.3) is 0 Å². The maximum Gasteiger partial charge on any atom is 0.136 e. The average molecular weight is 313 g/mol. The van der Waals surface area contributed by atoms with Gasteiger partial charge in [-0.25, -0.2) is 0 Å². The zero-order valence-electron chi connectivity index (χ0n) is 14.7. The third-order valence-electron chi connectivity index (χ3n) is 7.14. The predicted octanol–water partition coefficient (Wildman–Crippen LogP) is 3.12. The van der Waals surface area contributed by atoms with Gasteiger partial charge < -0.3 is 9.64 Å². The van der Waals surface area contributed by atoms with Crippen molar-refractivity contribution in [2.45, 2.75) is 51.0 Å². The highest BCUT2D eigenvalue weighted by Crippen LogP contribution is 2.58. The van der Waals surface area contributed by atoms with Crippen molar-refractivity contribution in [3.8, 4) is 5.75 Å². The molecule has 4 rings (SSSR count). The Morgan fingerprint density at radius 2 is 2.13 bits per heavy atom. The zero-order valence-corrected chi connectivity index (χ0v) is 14.7. The molecule has 3 unspecified atom stereocenters. The first-order chi connectivity index (χ1) is 11.0. The molecule has 1 aromatic carbocycles. The highest BCUT2D eigenvalue weighted by atomic mass is 16.5. The number of carbonyl (C=O) groups excluding carboxylic acids is 1. The molecule has 1 aromatic rings. The summed E-state index contributed by atoms with van der Waals surface area (Å²) in [5.74, 6) is 2.16. The van der Waals surface area contributed by atoms with Crippen molar-refractivity contribution in [3.63, 3.8) is 0 Å². The summed E-state index contributed by atoms with van der Waals surface area (Å²) in [4.78, 5) is 15.2. The van der Waals surface area contributed by atoms with Gasteiger partial charge in [0.2, 0.25) is 0 Å². The van der Waals surface area contributed by atoms with E-state index in [0.29, 0.717) is 17.7 Å². The van der Waals surface area contributed by atoms with E-state index in [1.807, 2.05) is 0 Å². The highest BCUT2D eigenvalue weighted by Gasteiger charge is 2.58. The Kier molecular flexibility index (Phi) is 3.35. The van der Waals surface area contributed by atoms with Gasteiger partial charge in [0.1, 0.15) is 11.5 Å². The van der Waals surface area contributed by atoms with Crippen molar-refractivity contribution in [1.29, 1.82) is 0 Å². The molecule has 0 spiro atoms. The van der Waals surface area contributed by atoms with Gasteiger partial charge in [-0.3, -0.25) is 4.79 Å². The summed E-state index contributed by atoms with van der Waals surface area (Å²) >= 11 is 0. The number of fused-ring (bicyclic) bond motifs is 1. The summed E-state index contributed by atoms with van der Waals surface area (Å²) in [5, 5.41) is 0. The van der Waals surface area contributed by atoms with E-state index in [1.165, 1.54) is 16.7 Å². The number of carbonyl (C=O) groups is 1. The number of nitrogens with zero attached hydrogens (tertiary/aromatic N) is 1. The number of Topliss-reactive ketones (excluding diaryl/α,β-unsaturated/α-hetero) is 1. The van der Waals surface area contributed by atoms with Gasteiger partial charge in [0.15, 0.2) is 0 Å². The van der Waals surface area contributed by atoms with Gasteiger partial charge in [-0.1, -0.05) is 13.0 Å². The first kappa shape index (κ1) is 15.2. The van der Waals surface area contributed by atoms with Crippen molar-refractivity contribution < 1.29 is 9.53 Å². The van der Waals surface area contributed by atoms with Crippen LogP contribution in [-0.4, -0.2) is 37.4 Å². The number of hydrogen-bond donors (Lipinski definition) is 0. The minimum absolute atomic E-state index is 0.0265. The third kappa shape index (κ3) is 1.83. The second-order valence-corrected chi connectivity index (χ2v) is 7.80. The molecular weight excluding hydrogens is 286 g/mol. The average Bonchev–Trinajstić information content (AvgIpc) is 2.54. The van der Waals surface area contributed by atoms with E-state index < -0.39 is 0 Å². The van der Waals surface area contributed by atoms with E-state index in [9.17, 15) is 4.79 Å². The fourth-order valence-corrected chi connectivity index (χ4v) is 5.99. The fourth-order valence-electron chi connectivity index (χ4n) is 5.99. The maximum absolute atomic E-state index is 12.7. The Labute approximate surface area is 139 Å². The smallest absolute Gasteiger partial charge is 0.136 e. The molecule has 124 valence electrons. The van der Waals surface area contributed by atoms with Crippen molar-refractivity contribution in [2.75, 3.05) is 20.7 Å². The molecule has 2 aliphatic carbocycles. The van der Waals surface area contributed by atoms with Crippen molar-refractivity contribution >= 4 is 5.78 Å². The van der Waals surface area contributed by atoms with Crippen LogP contribution < -0.4 is 4.74 Å². The van der Waals surface area contributed by atoms with E-state index in [4.69, 9.17) is 4.74 Å². The number of likely N-dealkylation sites (tertiary alicyclic amines) is 1. The Balaban J connectivity index is 1.99. The van der Waals surface area contributed by atoms with Crippen LogP contribution in [-0.2, 0) is 16.6 Å². The van der Waals surface area contributed by atoms with Crippen LogP contribution in [0.2, 0.25) is 0 Å². The SMILES string of the molecule is COc1ccc2c(c1C)[C@]13CCN(C)C(C2)C1CCC(=O)C3C. The molecule has 1 heterocycles. The second kappa shape index (κ2) is 5.07. The lowest BCUT2D eigenvalue weighted by atomic mass is 9.48. The Morgan fingerprint density at radius 1 is 1.35 bits per heavy atom. The number of hydrogen-bond acceptors (Lipinski definition) is 3. The lowest BCUT2D eigenvalue weighted by Crippen LogP contribution is -2.64. The normalized spacial score (nSPS) is 36.3. The summed E-state index contributed by atoms with van der Waals surface area (Å²) < 4.78 is 5.61.